The van der Waals surface area contributed by atoms with Crippen LogP contribution in [0.5, 0.6) is 0 Å². The van der Waals surface area contributed by atoms with E-state index in [1.165, 1.54) is 0 Å². The summed E-state index contributed by atoms with van der Waals surface area (Å²) in [6.45, 7) is 3.56. The zero-order chi connectivity index (χ0) is 10.3. The van der Waals surface area contributed by atoms with Crippen LogP contribution in [0.15, 0.2) is 0 Å². The number of rotatable bonds is 2. The van der Waals surface area contributed by atoms with Gasteiger partial charge in [-0.1, -0.05) is 20.8 Å². The maximum atomic E-state index is 11.7. The van der Waals surface area contributed by atoms with Crippen LogP contribution in [0.25, 0.3) is 0 Å². The predicted molar refractivity (Wildman–Crippen MR) is 49.9 cm³/mol. The molecule has 1 rings (SSSR count). The molecule has 1 aliphatic rings. The van der Waals surface area contributed by atoms with Gasteiger partial charge in [-0.2, -0.15) is 8.78 Å². The van der Waals surface area contributed by atoms with E-state index in [0.717, 1.165) is 25.7 Å². The molecule has 13 heavy (non-hydrogen) atoms. The molecule has 3 heteroatoms. The molecule has 0 aliphatic heterocycles. The van der Waals surface area contributed by atoms with Crippen LogP contribution in [0.3, 0.4) is 0 Å². The number of alkyl halides is 2. The molecule has 0 spiro atoms. The molecule has 0 heterocycles. The highest BCUT2D eigenvalue weighted by molar-refractivity contribution is 4.69. The first kappa shape index (κ1) is 12.8. The molecule has 0 radical (unpaired) electrons. The molecule has 1 saturated carbocycles. The third-order valence-corrected chi connectivity index (χ3v) is 2.26. The second kappa shape index (κ2) is 7.25. The first-order chi connectivity index (χ1) is 6.18. The van der Waals surface area contributed by atoms with Crippen LogP contribution in [-0.4, -0.2) is 12.7 Å². The number of hydrogen-bond acceptors (Lipinski definition) is 1. The second-order valence-electron chi connectivity index (χ2n) is 3.28. The molecule has 0 saturated heterocycles. The van der Waals surface area contributed by atoms with Gasteiger partial charge in [0.1, 0.15) is 0 Å². The van der Waals surface area contributed by atoms with Crippen molar-refractivity contribution in [3.8, 4) is 0 Å². The third-order valence-electron chi connectivity index (χ3n) is 2.26. The summed E-state index contributed by atoms with van der Waals surface area (Å²) < 4.78 is 27.8. The van der Waals surface area contributed by atoms with E-state index in [4.69, 9.17) is 0 Å². The topological polar surface area (TPSA) is 9.23 Å². The number of ether oxygens (including phenoxy) is 1. The minimum Gasteiger partial charge on any atom is -0.320 e. The van der Waals surface area contributed by atoms with Gasteiger partial charge in [0.05, 0.1) is 6.10 Å². The maximum absolute atomic E-state index is 11.7. The Hall–Kier alpha value is -0.180. The van der Waals surface area contributed by atoms with Crippen molar-refractivity contribution in [2.24, 2.45) is 5.92 Å². The minimum absolute atomic E-state index is 0.189. The summed E-state index contributed by atoms with van der Waals surface area (Å²) in [5, 5.41) is 0. The van der Waals surface area contributed by atoms with Gasteiger partial charge in [-0.15, -0.1) is 0 Å². The summed E-state index contributed by atoms with van der Waals surface area (Å²) in [5.41, 5.74) is 0. The largest absolute Gasteiger partial charge is 0.345 e. The summed E-state index contributed by atoms with van der Waals surface area (Å²) in [5.74, 6) is 0.688. The van der Waals surface area contributed by atoms with Crippen molar-refractivity contribution in [1.82, 2.24) is 0 Å². The zero-order valence-corrected chi connectivity index (χ0v) is 8.72. The summed E-state index contributed by atoms with van der Waals surface area (Å²) in [4.78, 5) is 0. The fraction of sp³-hybridized carbons (Fsp3) is 1.00. The molecular weight excluding hydrogens is 174 g/mol. The van der Waals surface area contributed by atoms with E-state index in [-0.39, 0.29) is 6.10 Å². The Kier molecular flexibility index (Phi) is 7.14. The molecule has 0 unspecified atom stereocenters. The summed E-state index contributed by atoms with van der Waals surface area (Å²) in [6.07, 6.45) is 3.46. The van der Waals surface area contributed by atoms with Crippen molar-refractivity contribution in [3.63, 3.8) is 0 Å². The van der Waals surface area contributed by atoms with Gasteiger partial charge in [-0.25, -0.2) is 0 Å². The first-order valence-corrected chi connectivity index (χ1v) is 5.12. The van der Waals surface area contributed by atoms with Crippen LogP contribution < -0.4 is 0 Å². The van der Waals surface area contributed by atoms with E-state index in [9.17, 15) is 8.78 Å². The zero-order valence-electron chi connectivity index (χ0n) is 8.72. The van der Waals surface area contributed by atoms with Gasteiger partial charge in [0.15, 0.2) is 0 Å². The lowest BCUT2D eigenvalue weighted by Gasteiger charge is -2.25. The molecule has 0 N–H and O–H groups in total. The van der Waals surface area contributed by atoms with E-state index in [1.54, 1.807) is 0 Å². The summed E-state index contributed by atoms with van der Waals surface area (Å²) >= 11 is 0. The van der Waals surface area contributed by atoms with Crippen LogP contribution in [0.2, 0.25) is 0 Å². The quantitative estimate of drug-likeness (QED) is 0.649. The third kappa shape index (κ3) is 5.97. The maximum Gasteiger partial charge on any atom is 0.345 e. The first-order valence-electron chi connectivity index (χ1n) is 5.12. The second-order valence-corrected chi connectivity index (χ2v) is 3.28. The molecule has 0 aromatic rings. The molecular formula is C10H20F2O. The van der Waals surface area contributed by atoms with Crippen molar-refractivity contribution < 1.29 is 13.5 Å². The minimum atomic E-state index is -2.59. The van der Waals surface area contributed by atoms with Crippen LogP contribution in [0.4, 0.5) is 8.78 Å². The predicted octanol–water partition coefficient (Wildman–Crippen LogP) is 3.83. The molecule has 1 aliphatic carbocycles. The SMILES string of the molecule is CC.CC1CCC(OC(F)F)CC1. The van der Waals surface area contributed by atoms with Crippen LogP contribution in [-0.2, 0) is 4.74 Å². The van der Waals surface area contributed by atoms with Crippen LogP contribution >= 0.6 is 0 Å². The molecule has 0 aromatic carbocycles. The lowest BCUT2D eigenvalue weighted by Crippen LogP contribution is -2.22. The van der Waals surface area contributed by atoms with Gasteiger partial charge in [0.25, 0.3) is 0 Å². The molecule has 0 amide bonds. The van der Waals surface area contributed by atoms with Gasteiger partial charge in [-0.05, 0) is 31.6 Å². The molecule has 80 valence electrons. The van der Waals surface area contributed by atoms with E-state index < -0.39 is 6.61 Å². The van der Waals surface area contributed by atoms with Gasteiger partial charge < -0.3 is 4.74 Å². The van der Waals surface area contributed by atoms with Gasteiger partial charge >= 0.3 is 6.61 Å². The van der Waals surface area contributed by atoms with Gasteiger partial charge in [0.2, 0.25) is 0 Å². The van der Waals surface area contributed by atoms with Gasteiger partial charge in [0, 0.05) is 0 Å². The summed E-state index contributed by atoms with van der Waals surface area (Å²) in [7, 11) is 0. The molecule has 0 atom stereocenters. The van der Waals surface area contributed by atoms with E-state index in [1.807, 2.05) is 13.8 Å². The fourth-order valence-corrected chi connectivity index (χ4v) is 1.51. The Morgan fingerprint density at radius 3 is 1.92 bits per heavy atom. The van der Waals surface area contributed by atoms with Crippen LogP contribution in [0.1, 0.15) is 46.5 Å². The molecule has 0 aromatic heterocycles. The Bertz CT molecular complexity index is 109. The van der Waals surface area contributed by atoms with Crippen molar-refractivity contribution in [2.45, 2.75) is 59.2 Å². The van der Waals surface area contributed by atoms with Crippen molar-refractivity contribution in [3.05, 3.63) is 0 Å². The van der Waals surface area contributed by atoms with E-state index in [0.29, 0.717) is 5.92 Å². The lowest BCUT2D eigenvalue weighted by molar-refractivity contribution is -0.171. The Balaban J connectivity index is 0.000000671. The monoisotopic (exact) mass is 194 g/mol. The van der Waals surface area contributed by atoms with E-state index >= 15 is 0 Å². The smallest absolute Gasteiger partial charge is 0.320 e. The van der Waals surface area contributed by atoms with Crippen molar-refractivity contribution >= 4 is 0 Å². The fourth-order valence-electron chi connectivity index (χ4n) is 1.51. The Morgan fingerprint density at radius 1 is 1.08 bits per heavy atom. The Labute approximate surface area is 79.5 Å². The van der Waals surface area contributed by atoms with Crippen molar-refractivity contribution in [2.75, 3.05) is 0 Å². The molecule has 1 nitrogen and oxygen atoms in total. The molecule has 0 bridgehead atoms. The number of hydrogen-bond donors (Lipinski definition) is 0. The lowest BCUT2D eigenvalue weighted by atomic mass is 9.89. The normalized spacial score (nSPS) is 28.2. The highest BCUT2D eigenvalue weighted by Crippen LogP contribution is 2.26. The average molecular weight is 194 g/mol. The van der Waals surface area contributed by atoms with Crippen LogP contribution in [0, 0.1) is 5.92 Å². The summed E-state index contributed by atoms with van der Waals surface area (Å²) in [6, 6.07) is 0. The molecule has 1 fully saturated rings. The highest BCUT2D eigenvalue weighted by Gasteiger charge is 2.21. The number of halogens is 2. The standard InChI is InChI=1S/C8H14F2O.C2H6/c1-6-2-4-7(5-3-6)11-8(9)10;1-2/h6-8H,2-5H2,1H3;1-2H3. The van der Waals surface area contributed by atoms with E-state index in [2.05, 4.69) is 11.7 Å². The Morgan fingerprint density at radius 2 is 1.54 bits per heavy atom. The highest BCUT2D eigenvalue weighted by atomic mass is 19.3. The van der Waals surface area contributed by atoms with Crippen molar-refractivity contribution in [1.29, 1.82) is 0 Å². The average Bonchev–Trinajstić information content (AvgIpc) is 2.12. The van der Waals surface area contributed by atoms with Gasteiger partial charge in [-0.3, -0.25) is 0 Å².